The molecule has 0 amide bonds. The van der Waals surface area contributed by atoms with Gasteiger partial charge in [0.25, 0.3) is 0 Å². The summed E-state index contributed by atoms with van der Waals surface area (Å²) in [5, 5.41) is 9.11. The summed E-state index contributed by atoms with van der Waals surface area (Å²) < 4.78 is 27.2. The lowest BCUT2D eigenvalue weighted by atomic mass is 9.97. The minimum absolute atomic E-state index is 0.0415. The van der Waals surface area contributed by atoms with Crippen molar-refractivity contribution in [3.05, 3.63) is 28.2 Å². The molecule has 1 aliphatic heterocycles. The van der Waals surface area contributed by atoms with Gasteiger partial charge in [-0.15, -0.1) is 0 Å². The average Bonchev–Trinajstić information content (AvgIpc) is 2.47. The molecule has 1 N–H and O–H groups in total. The first kappa shape index (κ1) is 16.5. The predicted molar refractivity (Wildman–Crippen MR) is 82.9 cm³/mol. The fourth-order valence-corrected chi connectivity index (χ4v) is 4.55. The number of hydrogen-bond acceptors (Lipinski definition) is 3. The highest BCUT2D eigenvalue weighted by atomic mass is 79.9. The van der Waals surface area contributed by atoms with Gasteiger partial charge in [-0.1, -0.05) is 13.3 Å². The summed E-state index contributed by atoms with van der Waals surface area (Å²) in [6.07, 6.45) is 2.84. The summed E-state index contributed by atoms with van der Waals surface area (Å²) in [7, 11) is -3.63. The number of carbonyl (C=O) groups is 1. The number of piperidine rings is 1. The van der Waals surface area contributed by atoms with Crippen LogP contribution < -0.4 is 0 Å². The van der Waals surface area contributed by atoms with E-state index in [-0.39, 0.29) is 10.5 Å². The Morgan fingerprint density at radius 1 is 1.48 bits per heavy atom. The van der Waals surface area contributed by atoms with Crippen LogP contribution in [0.15, 0.2) is 27.6 Å². The van der Waals surface area contributed by atoms with Gasteiger partial charge in [0.1, 0.15) is 0 Å². The molecule has 5 nitrogen and oxygen atoms in total. The third kappa shape index (κ3) is 3.46. The summed E-state index contributed by atoms with van der Waals surface area (Å²) in [4.78, 5) is 11.2. The lowest BCUT2D eigenvalue weighted by Gasteiger charge is -2.31. The van der Waals surface area contributed by atoms with E-state index in [1.807, 2.05) is 0 Å². The van der Waals surface area contributed by atoms with Crippen LogP contribution in [-0.4, -0.2) is 36.9 Å². The van der Waals surface area contributed by atoms with E-state index in [1.54, 1.807) is 0 Å². The van der Waals surface area contributed by atoms with E-state index in [9.17, 15) is 13.2 Å². The molecule has 0 saturated carbocycles. The lowest BCUT2D eigenvalue weighted by Crippen LogP contribution is -2.39. The van der Waals surface area contributed by atoms with E-state index in [2.05, 4.69) is 22.9 Å². The molecule has 1 heterocycles. The first-order valence-corrected chi connectivity index (χ1v) is 9.12. The molecule has 116 valence electrons. The van der Waals surface area contributed by atoms with E-state index >= 15 is 0 Å². The van der Waals surface area contributed by atoms with E-state index in [1.165, 1.54) is 22.5 Å². The highest BCUT2D eigenvalue weighted by Crippen LogP contribution is 2.27. The molecule has 7 heteroatoms. The van der Waals surface area contributed by atoms with Crippen LogP contribution in [0.5, 0.6) is 0 Å². The van der Waals surface area contributed by atoms with Crippen molar-refractivity contribution in [2.75, 3.05) is 13.1 Å². The second-order valence-corrected chi connectivity index (χ2v) is 8.02. The number of nitrogens with zero attached hydrogens (tertiary/aromatic N) is 1. The zero-order valence-electron chi connectivity index (χ0n) is 11.8. The molecule has 0 radical (unpaired) electrons. The summed E-state index contributed by atoms with van der Waals surface area (Å²) in [5.74, 6) is -0.771. The van der Waals surface area contributed by atoms with Crippen molar-refractivity contribution in [3.8, 4) is 0 Å². The highest BCUT2D eigenvalue weighted by molar-refractivity contribution is 9.10. The summed E-state index contributed by atoms with van der Waals surface area (Å²) in [6.45, 7) is 3.07. The van der Waals surface area contributed by atoms with Gasteiger partial charge in [-0.2, -0.15) is 4.31 Å². The number of halogens is 1. The molecule has 0 aliphatic carbocycles. The van der Waals surface area contributed by atoms with Crippen LogP contribution >= 0.6 is 15.9 Å². The standard InChI is InChI=1S/C14H18BrNO4S/c1-2-10-4-3-7-16(9-10)21(19,20)11-5-6-13(15)12(8-11)14(17)18/h5-6,8,10H,2-4,7,9H2,1H3,(H,17,18). The number of carboxylic acid groups (broad SMARTS) is 1. The van der Waals surface area contributed by atoms with Gasteiger partial charge >= 0.3 is 5.97 Å². The molecule has 1 saturated heterocycles. The molecule has 0 bridgehead atoms. The van der Waals surface area contributed by atoms with E-state index in [4.69, 9.17) is 5.11 Å². The van der Waals surface area contributed by atoms with Gasteiger partial charge in [-0.25, -0.2) is 13.2 Å². The minimum Gasteiger partial charge on any atom is -0.478 e. The van der Waals surface area contributed by atoms with Gasteiger partial charge in [-0.3, -0.25) is 0 Å². The SMILES string of the molecule is CCC1CCCN(S(=O)(=O)c2ccc(Br)c(C(=O)O)c2)C1. The van der Waals surface area contributed by atoms with Crippen LogP contribution in [0.25, 0.3) is 0 Å². The Morgan fingerprint density at radius 3 is 2.81 bits per heavy atom. The zero-order chi connectivity index (χ0) is 15.6. The number of carboxylic acids is 1. The summed E-state index contributed by atoms with van der Waals surface area (Å²) >= 11 is 3.13. The first-order chi connectivity index (χ1) is 9.86. The van der Waals surface area contributed by atoms with Crippen molar-refractivity contribution in [2.45, 2.75) is 31.1 Å². The van der Waals surface area contributed by atoms with Crippen molar-refractivity contribution in [1.82, 2.24) is 4.31 Å². The number of sulfonamides is 1. The van der Waals surface area contributed by atoms with Crippen LogP contribution in [0.3, 0.4) is 0 Å². The number of hydrogen-bond donors (Lipinski definition) is 1. The topological polar surface area (TPSA) is 74.7 Å². The number of benzene rings is 1. The maximum Gasteiger partial charge on any atom is 0.336 e. The molecule has 1 unspecified atom stereocenters. The maximum absolute atomic E-state index is 12.7. The molecule has 1 aromatic carbocycles. The first-order valence-electron chi connectivity index (χ1n) is 6.89. The van der Waals surface area contributed by atoms with Crippen LogP contribution in [0.4, 0.5) is 0 Å². The predicted octanol–water partition coefficient (Wildman–Crippen LogP) is 2.96. The van der Waals surface area contributed by atoms with Gasteiger partial charge in [0, 0.05) is 17.6 Å². The Morgan fingerprint density at radius 2 is 2.19 bits per heavy atom. The smallest absolute Gasteiger partial charge is 0.336 e. The van der Waals surface area contributed by atoms with Crippen molar-refractivity contribution in [1.29, 1.82) is 0 Å². The highest BCUT2D eigenvalue weighted by Gasteiger charge is 2.30. The Balaban J connectivity index is 2.35. The van der Waals surface area contributed by atoms with Crippen molar-refractivity contribution < 1.29 is 18.3 Å². The number of aromatic carboxylic acids is 1. The van der Waals surface area contributed by atoms with E-state index in [0.717, 1.165) is 19.3 Å². The largest absolute Gasteiger partial charge is 0.478 e. The van der Waals surface area contributed by atoms with Crippen molar-refractivity contribution in [2.24, 2.45) is 5.92 Å². The van der Waals surface area contributed by atoms with E-state index in [0.29, 0.717) is 23.5 Å². The molecular formula is C14H18BrNO4S. The van der Waals surface area contributed by atoms with Crippen molar-refractivity contribution >= 4 is 31.9 Å². The maximum atomic E-state index is 12.7. The Kier molecular flexibility index (Phi) is 5.06. The molecule has 1 aliphatic rings. The molecule has 2 rings (SSSR count). The molecule has 1 atom stereocenters. The fourth-order valence-electron chi connectivity index (χ4n) is 2.56. The van der Waals surface area contributed by atoms with Crippen LogP contribution in [-0.2, 0) is 10.0 Å². The van der Waals surface area contributed by atoms with Gasteiger partial charge in [0.15, 0.2) is 0 Å². The quantitative estimate of drug-likeness (QED) is 0.877. The summed E-state index contributed by atoms with van der Waals surface area (Å²) in [6, 6.07) is 4.14. The molecule has 0 spiro atoms. The monoisotopic (exact) mass is 375 g/mol. The van der Waals surface area contributed by atoms with Crippen LogP contribution in [0, 0.1) is 5.92 Å². The Bertz CT molecular complexity index is 644. The minimum atomic E-state index is -3.63. The Hall–Kier alpha value is -0.920. The molecule has 1 fully saturated rings. The second kappa shape index (κ2) is 6.46. The summed E-state index contributed by atoms with van der Waals surface area (Å²) in [5.41, 5.74) is -0.0416. The zero-order valence-corrected chi connectivity index (χ0v) is 14.2. The molecule has 21 heavy (non-hydrogen) atoms. The van der Waals surface area contributed by atoms with Gasteiger partial charge < -0.3 is 5.11 Å². The molecular weight excluding hydrogens is 358 g/mol. The Labute approximate surface area is 133 Å². The van der Waals surface area contributed by atoms with E-state index < -0.39 is 16.0 Å². The van der Waals surface area contributed by atoms with Gasteiger partial charge in [-0.05, 0) is 52.9 Å². The van der Waals surface area contributed by atoms with Gasteiger partial charge in [0.2, 0.25) is 10.0 Å². The fraction of sp³-hybridized carbons (Fsp3) is 0.500. The normalized spacial score (nSPS) is 20.4. The second-order valence-electron chi connectivity index (χ2n) is 5.23. The molecule has 0 aromatic heterocycles. The lowest BCUT2D eigenvalue weighted by molar-refractivity contribution is 0.0695. The van der Waals surface area contributed by atoms with Gasteiger partial charge in [0.05, 0.1) is 10.5 Å². The third-order valence-corrected chi connectivity index (χ3v) is 6.42. The number of rotatable bonds is 4. The average molecular weight is 376 g/mol. The molecule has 1 aromatic rings. The van der Waals surface area contributed by atoms with Crippen LogP contribution in [0.2, 0.25) is 0 Å². The van der Waals surface area contributed by atoms with Crippen LogP contribution in [0.1, 0.15) is 36.5 Å². The third-order valence-electron chi connectivity index (χ3n) is 3.87. The van der Waals surface area contributed by atoms with Crippen molar-refractivity contribution in [3.63, 3.8) is 0 Å².